The second kappa shape index (κ2) is 2.67. The number of hydrogen-bond acceptors (Lipinski definition) is 3. The third-order valence-electron chi connectivity index (χ3n) is 2.48. The Hall–Kier alpha value is -1.64. The van der Waals surface area contributed by atoms with Crippen molar-refractivity contribution in [2.24, 2.45) is 0 Å². The molecule has 2 aromatic rings. The van der Waals surface area contributed by atoms with Gasteiger partial charge in [-0.1, -0.05) is 12.1 Å². The summed E-state index contributed by atoms with van der Waals surface area (Å²) in [7, 11) is 0. The largest absolute Gasteiger partial charge is 0.408 e. The first kappa shape index (κ1) is 7.74. The Labute approximate surface area is 80.4 Å². The smallest absolute Gasteiger partial charge is 0.346 e. The van der Waals surface area contributed by atoms with Crippen LogP contribution in [0.3, 0.4) is 0 Å². The number of benzene rings is 1. The molecule has 3 heteroatoms. The Morgan fingerprint density at radius 1 is 1.29 bits per heavy atom. The SMILES string of the molecule is O=c1oc(C2CC2)nc2ccccc12. The van der Waals surface area contributed by atoms with E-state index in [1.54, 1.807) is 6.07 Å². The van der Waals surface area contributed by atoms with Gasteiger partial charge in [-0.2, -0.15) is 0 Å². The van der Waals surface area contributed by atoms with Crippen LogP contribution < -0.4 is 5.63 Å². The molecule has 1 saturated carbocycles. The zero-order chi connectivity index (χ0) is 9.54. The molecule has 1 aromatic heterocycles. The monoisotopic (exact) mass is 187 g/mol. The minimum atomic E-state index is -0.266. The lowest BCUT2D eigenvalue weighted by molar-refractivity contribution is 0.446. The molecule has 1 heterocycles. The molecular formula is C11H9NO2. The molecule has 0 spiro atoms. The summed E-state index contributed by atoms with van der Waals surface area (Å²) in [5, 5.41) is 0.567. The molecule has 0 unspecified atom stereocenters. The quantitative estimate of drug-likeness (QED) is 0.686. The average Bonchev–Trinajstić information content (AvgIpc) is 3.01. The van der Waals surface area contributed by atoms with Crippen LogP contribution in [0.25, 0.3) is 10.9 Å². The summed E-state index contributed by atoms with van der Waals surface area (Å²) >= 11 is 0. The van der Waals surface area contributed by atoms with E-state index in [9.17, 15) is 4.79 Å². The first-order valence-electron chi connectivity index (χ1n) is 4.74. The maximum absolute atomic E-state index is 11.5. The molecule has 1 aliphatic rings. The van der Waals surface area contributed by atoms with Gasteiger partial charge in [0.05, 0.1) is 10.9 Å². The first-order chi connectivity index (χ1) is 6.84. The van der Waals surface area contributed by atoms with E-state index < -0.39 is 0 Å². The predicted octanol–water partition coefficient (Wildman–Crippen LogP) is 2.07. The van der Waals surface area contributed by atoms with Gasteiger partial charge in [-0.05, 0) is 25.0 Å². The highest BCUT2D eigenvalue weighted by molar-refractivity contribution is 5.76. The third kappa shape index (κ3) is 1.13. The molecular weight excluding hydrogens is 178 g/mol. The molecule has 70 valence electrons. The van der Waals surface area contributed by atoms with Crippen LogP contribution in [0.15, 0.2) is 33.5 Å². The van der Waals surface area contributed by atoms with Crippen molar-refractivity contribution in [3.05, 3.63) is 40.6 Å². The average molecular weight is 187 g/mol. The summed E-state index contributed by atoms with van der Waals surface area (Å²) in [4.78, 5) is 15.9. The van der Waals surface area contributed by atoms with Crippen molar-refractivity contribution in [2.75, 3.05) is 0 Å². The molecule has 3 rings (SSSR count). The van der Waals surface area contributed by atoms with Crippen molar-refractivity contribution in [1.82, 2.24) is 4.98 Å². The van der Waals surface area contributed by atoms with Gasteiger partial charge in [-0.3, -0.25) is 0 Å². The van der Waals surface area contributed by atoms with Crippen LogP contribution in [0.1, 0.15) is 24.7 Å². The van der Waals surface area contributed by atoms with Gasteiger partial charge in [0, 0.05) is 5.92 Å². The standard InChI is InChI=1S/C11H9NO2/c13-11-8-3-1-2-4-9(8)12-10(14-11)7-5-6-7/h1-4,7H,5-6H2. The lowest BCUT2D eigenvalue weighted by Gasteiger charge is -1.98. The van der Waals surface area contributed by atoms with Crippen LogP contribution in [0, 0.1) is 0 Å². The van der Waals surface area contributed by atoms with E-state index >= 15 is 0 Å². The van der Waals surface area contributed by atoms with E-state index in [-0.39, 0.29) is 5.63 Å². The second-order valence-corrected chi connectivity index (χ2v) is 3.63. The molecule has 0 bridgehead atoms. The minimum Gasteiger partial charge on any atom is -0.408 e. The topological polar surface area (TPSA) is 43.1 Å². The van der Waals surface area contributed by atoms with Gasteiger partial charge < -0.3 is 4.42 Å². The van der Waals surface area contributed by atoms with Crippen molar-refractivity contribution in [2.45, 2.75) is 18.8 Å². The Morgan fingerprint density at radius 3 is 2.86 bits per heavy atom. The predicted molar refractivity (Wildman–Crippen MR) is 52.3 cm³/mol. The molecule has 1 fully saturated rings. The van der Waals surface area contributed by atoms with Gasteiger partial charge >= 0.3 is 5.63 Å². The van der Waals surface area contributed by atoms with Gasteiger partial charge in [-0.25, -0.2) is 9.78 Å². The number of para-hydroxylation sites is 1. The van der Waals surface area contributed by atoms with Crippen LogP contribution in [-0.4, -0.2) is 4.98 Å². The molecule has 14 heavy (non-hydrogen) atoms. The van der Waals surface area contributed by atoms with E-state index in [1.807, 2.05) is 18.2 Å². The van der Waals surface area contributed by atoms with Gasteiger partial charge in [0.25, 0.3) is 0 Å². The van der Waals surface area contributed by atoms with Gasteiger partial charge in [0.1, 0.15) is 0 Å². The molecule has 0 saturated heterocycles. The number of aromatic nitrogens is 1. The third-order valence-corrected chi connectivity index (χ3v) is 2.48. The van der Waals surface area contributed by atoms with Gasteiger partial charge in [0.15, 0.2) is 0 Å². The van der Waals surface area contributed by atoms with Gasteiger partial charge in [0.2, 0.25) is 5.89 Å². The molecule has 0 amide bonds. The maximum atomic E-state index is 11.5. The molecule has 1 aliphatic carbocycles. The van der Waals surface area contributed by atoms with Crippen molar-refractivity contribution in [1.29, 1.82) is 0 Å². The second-order valence-electron chi connectivity index (χ2n) is 3.63. The Morgan fingerprint density at radius 2 is 2.07 bits per heavy atom. The summed E-state index contributed by atoms with van der Waals surface area (Å²) in [6.45, 7) is 0. The lowest BCUT2D eigenvalue weighted by atomic mass is 10.2. The van der Waals surface area contributed by atoms with Crippen LogP contribution in [0.5, 0.6) is 0 Å². The molecule has 1 aromatic carbocycles. The Kier molecular flexibility index (Phi) is 1.48. The van der Waals surface area contributed by atoms with Crippen LogP contribution in [0.4, 0.5) is 0 Å². The van der Waals surface area contributed by atoms with Crippen molar-refractivity contribution < 1.29 is 4.42 Å². The fourth-order valence-electron chi connectivity index (χ4n) is 1.54. The highest BCUT2D eigenvalue weighted by Crippen LogP contribution is 2.38. The molecule has 0 N–H and O–H groups in total. The van der Waals surface area contributed by atoms with Crippen LogP contribution in [-0.2, 0) is 0 Å². The van der Waals surface area contributed by atoms with Crippen molar-refractivity contribution >= 4 is 10.9 Å². The molecule has 0 aliphatic heterocycles. The van der Waals surface area contributed by atoms with Crippen molar-refractivity contribution in [3.63, 3.8) is 0 Å². The normalized spacial score (nSPS) is 16.0. The highest BCUT2D eigenvalue weighted by Gasteiger charge is 2.28. The first-order valence-corrected chi connectivity index (χ1v) is 4.74. The van der Waals surface area contributed by atoms with Crippen LogP contribution >= 0.6 is 0 Å². The van der Waals surface area contributed by atoms with E-state index in [2.05, 4.69) is 4.98 Å². The molecule has 3 nitrogen and oxygen atoms in total. The van der Waals surface area contributed by atoms with E-state index in [0.29, 0.717) is 17.2 Å². The van der Waals surface area contributed by atoms with Crippen molar-refractivity contribution in [3.8, 4) is 0 Å². The van der Waals surface area contributed by atoms with E-state index in [1.165, 1.54) is 0 Å². The van der Waals surface area contributed by atoms with Gasteiger partial charge in [-0.15, -0.1) is 0 Å². The fourth-order valence-corrected chi connectivity index (χ4v) is 1.54. The lowest BCUT2D eigenvalue weighted by Crippen LogP contribution is -2.03. The zero-order valence-corrected chi connectivity index (χ0v) is 7.56. The summed E-state index contributed by atoms with van der Waals surface area (Å²) in [6.07, 6.45) is 2.18. The maximum Gasteiger partial charge on any atom is 0.346 e. The fraction of sp³-hybridized carbons (Fsp3) is 0.273. The van der Waals surface area contributed by atoms with Crippen LogP contribution in [0.2, 0.25) is 0 Å². The summed E-state index contributed by atoms with van der Waals surface area (Å²) in [5.74, 6) is 0.987. The van der Waals surface area contributed by atoms with E-state index in [4.69, 9.17) is 4.42 Å². The highest BCUT2D eigenvalue weighted by atomic mass is 16.4. The summed E-state index contributed by atoms with van der Waals surface area (Å²) in [6, 6.07) is 7.28. The molecule has 0 radical (unpaired) electrons. The zero-order valence-electron chi connectivity index (χ0n) is 7.56. The number of hydrogen-bond donors (Lipinski definition) is 0. The number of rotatable bonds is 1. The Balaban J connectivity index is 2.33. The summed E-state index contributed by atoms with van der Waals surface area (Å²) in [5.41, 5.74) is 0.475. The number of fused-ring (bicyclic) bond motifs is 1. The summed E-state index contributed by atoms with van der Waals surface area (Å²) < 4.78 is 5.15. The Bertz CT molecular complexity index is 540. The molecule has 0 atom stereocenters. The number of nitrogens with zero attached hydrogens (tertiary/aromatic N) is 1. The van der Waals surface area contributed by atoms with E-state index in [0.717, 1.165) is 18.4 Å². The minimum absolute atomic E-state index is 0.266.